The molecule has 0 radical (unpaired) electrons. The van der Waals surface area contributed by atoms with Crippen LogP contribution in [-0.2, 0) is 4.74 Å². The van der Waals surface area contributed by atoms with Gasteiger partial charge in [-0.3, -0.25) is 0 Å². The maximum atomic E-state index is 11.7. The van der Waals surface area contributed by atoms with E-state index in [2.05, 4.69) is 4.74 Å². The molecule has 0 bridgehead atoms. The van der Waals surface area contributed by atoms with Gasteiger partial charge in [0.1, 0.15) is 6.61 Å². The van der Waals surface area contributed by atoms with Crippen LogP contribution in [0.4, 0.5) is 18.9 Å². The van der Waals surface area contributed by atoms with Gasteiger partial charge in [-0.25, -0.2) is 0 Å². The highest BCUT2D eigenvalue weighted by atomic mass is 32.2. The van der Waals surface area contributed by atoms with Gasteiger partial charge < -0.3 is 10.5 Å². The van der Waals surface area contributed by atoms with Gasteiger partial charge in [-0.15, -0.1) is 0 Å². The van der Waals surface area contributed by atoms with Crippen LogP contribution in [0, 0.1) is 0 Å². The second-order valence-electron chi connectivity index (χ2n) is 2.79. The van der Waals surface area contributed by atoms with Crippen molar-refractivity contribution in [3.05, 3.63) is 24.3 Å². The number of thioether (sulfide) groups is 1. The molecular formula is C9H10F3NOS. The zero-order valence-corrected chi connectivity index (χ0v) is 8.57. The minimum Gasteiger partial charge on any atom is -0.399 e. The standard InChI is InChI=1S/C9H10F3NOS/c10-9(11,12)5-14-6-15-8-3-1-7(13)2-4-8/h1-4H,5-6,13H2. The predicted octanol–water partition coefficient (Wildman–Crippen LogP) is 2.90. The molecule has 84 valence electrons. The molecule has 0 aliphatic heterocycles. The number of ether oxygens (including phenoxy) is 1. The first kappa shape index (κ1) is 12.2. The van der Waals surface area contributed by atoms with Gasteiger partial charge in [-0.2, -0.15) is 13.2 Å². The molecule has 0 unspecified atom stereocenters. The van der Waals surface area contributed by atoms with Crippen LogP contribution in [0.1, 0.15) is 0 Å². The van der Waals surface area contributed by atoms with Crippen molar-refractivity contribution in [2.45, 2.75) is 11.1 Å². The van der Waals surface area contributed by atoms with Crippen LogP contribution in [0.5, 0.6) is 0 Å². The first-order chi connectivity index (χ1) is 6.97. The molecule has 1 rings (SSSR count). The molecular weight excluding hydrogens is 227 g/mol. The normalized spacial score (nSPS) is 11.7. The SMILES string of the molecule is Nc1ccc(SCOCC(F)(F)F)cc1. The van der Waals surface area contributed by atoms with Crippen molar-refractivity contribution in [2.24, 2.45) is 0 Å². The van der Waals surface area contributed by atoms with Gasteiger partial charge in [-0.1, -0.05) is 11.8 Å². The highest BCUT2D eigenvalue weighted by Crippen LogP contribution is 2.21. The Morgan fingerprint density at radius 2 is 1.80 bits per heavy atom. The summed E-state index contributed by atoms with van der Waals surface area (Å²) in [4.78, 5) is 0.825. The Kier molecular flexibility index (Phi) is 4.28. The molecule has 0 saturated heterocycles. The molecule has 0 fully saturated rings. The van der Waals surface area contributed by atoms with E-state index in [1.54, 1.807) is 24.3 Å². The van der Waals surface area contributed by atoms with Crippen LogP contribution in [0.2, 0.25) is 0 Å². The van der Waals surface area contributed by atoms with Crippen molar-refractivity contribution in [3.63, 3.8) is 0 Å². The average molecular weight is 237 g/mol. The Balaban J connectivity index is 2.23. The fourth-order valence-electron chi connectivity index (χ4n) is 0.831. The van der Waals surface area contributed by atoms with E-state index < -0.39 is 12.8 Å². The first-order valence-electron chi connectivity index (χ1n) is 4.10. The Morgan fingerprint density at radius 1 is 1.20 bits per heavy atom. The van der Waals surface area contributed by atoms with Crippen LogP contribution in [0.3, 0.4) is 0 Å². The third-order valence-electron chi connectivity index (χ3n) is 1.45. The number of anilines is 1. The molecule has 0 saturated carbocycles. The summed E-state index contributed by atoms with van der Waals surface area (Å²) in [5.74, 6) is -0.0244. The summed E-state index contributed by atoms with van der Waals surface area (Å²) in [5, 5.41) is 0. The molecule has 2 N–H and O–H groups in total. The monoisotopic (exact) mass is 237 g/mol. The lowest BCUT2D eigenvalue weighted by atomic mass is 10.3. The van der Waals surface area contributed by atoms with Gasteiger partial charge in [0.25, 0.3) is 0 Å². The Morgan fingerprint density at radius 3 is 2.33 bits per heavy atom. The lowest BCUT2D eigenvalue weighted by Crippen LogP contribution is -2.16. The van der Waals surface area contributed by atoms with E-state index in [1.165, 1.54) is 11.8 Å². The van der Waals surface area contributed by atoms with E-state index in [4.69, 9.17) is 5.73 Å². The van der Waals surface area contributed by atoms with Gasteiger partial charge in [0, 0.05) is 10.6 Å². The topological polar surface area (TPSA) is 35.2 Å². The number of halogens is 3. The Labute approximate surface area is 89.6 Å². The molecule has 2 nitrogen and oxygen atoms in total. The van der Waals surface area contributed by atoms with Crippen LogP contribution in [-0.4, -0.2) is 18.7 Å². The maximum Gasteiger partial charge on any atom is 0.411 e. The van der Waals surface area contributed by atoms with Crippen molar-refractivity contribution >= 4 is 17.4 Å². The third kappa shape index (κ3) is 5.54. The number of nitrogen functional groups attached to an aromatic ring is 1. The summed E-state index contributed by atoms with van der Waals surface area (Å²) in [6.07, 6.45) is -4.26. The molecule has 0 spiro atoms. The summed E-state index contributed by atoms with van der Waals surface area (Å²) in [7, 11) is 0. The maximum absolute atomic E-state index is 11.7. The van der Waals surface area contributed by atoms with Crippen LogP contribution >= 0.6 is 11.8 Å². The minimum absolute atomic E-state index is 0.0244. The van der Waals surface area contributed by atoms with Crippen molar-refractivity contribution in [1.82, 2.24) is 0 Å². The minimum atomic E-state index is -4.26. The fourth-order valence-corrected chi connectivity index (χ4v) is 1.46. The lowest BCUT2D eigenvalue weighted by Gasteiger charge is -2.07. The van der Waals surface area contributed by atoms with Gasteiger partial charge in [0.2, 0.25) is 0 Å². The van der Waals surface area contributed by atoms with E-state index in [0.29, 0.717) is 5.69 Å². The number of hydrogen-bond donors (Lipinski definition) is 1. The number of nitrogens with two attached hydrogens (primary N) is 1. The predicted molar refractivity (Wildman–Crippen MR) is 53.6 cm³/mol. The molecule has 1 aromatic carbocycles. The number of hydrogen-bond acceptors (Lipinski definition) is 3. The molecule has 15 heavy (non-hydrogen) atoms. The quantitative estimate of drug-likeness (QED) is 0.378. The largest absolute Gasteiger partial charge is 0.411 e. The van der Waals surface area contributed by atoms with Crippen molar-refractivity contribution in [1.29, 1.82) is 0 Å². The molecule has 0 aromatic heterocycles. The zero-order chi connectivity index (χ0) is 11.3. The second-order valence-corrected chi connectivity index (χ2v) is 3.79. The van der Waals surface area contributed by atoms with E-state index in [1.807, 2.05) is 0 Å². The number of rotatable bonds is 4. The van der Waals surface area contributed by atoms with Gasteiger partial charge in [0.05, 0.1) is 5.94 Å². The Hall–Kier alpha value is -0.880. The highest BCUT2D eigenvalue weighted by Gasteiger charge is 2.27. The van der Waals surface area contributed by atoms with Crippen LogP contribution in [0.15, 0.2) is 29.2 Å². The molecule has 1 aromatic rings. The van der Waals surface area contributed by atoms with Gasteiger partial charge >= 0.3 is 6.18 Å². The first-order valence-corrected chi connectivity index (χ1v) is 5.09. The molecule has 0 atom stereocenters. The zero-order valence-electron chi connectivity index (χ0n) is 7.75. The summed E-state index contributed by atoms with van der Waals surface area (Å²) in [6, 6.07) is 6.84. The van der Waals surface area contributed by atoms with Gasteiger partial charge in [0.15, 0.2) is 0 Å². The summed E-state index contributed by atoms with van der Waals surface area (Å²) >= 11 is 1.19. The van der Waals surface area contributed by atoms with Crippen molar-refractivity contribution in [2.75, 3.05) is 18.3 Å². The molecule has 0 aliphatic rings. The van der Waals surface area contributed by atoms with E-state index in [9.17, 15) is 13.2 Å². The molecule has 6 heteroatoms. The van der Waals surface area contributed by atoms with Gasteiger partial charge in [-0.05, 0) is 24.3 Å². The Bertz CT molecular complexity index is 299. The number of benzene rings is 1. The summed E-state index contributed by atoms with van der Waals surface area (Å²) < 4.78 is 39.5. The lowest BCUT2D eigenvalue weighted by molar-refractivity contribution is -0.168. The van der Waals surface area contributed by atoms with E-state index in [-0.39, 0.29) is 5.94 Å². The van der Waals surface area contributed by atoms with E-state index >= 15 is 0 Å². The fraction of sp³-hybridized carbons (Fsp3) is 0.333. The average Bonchev–Trinajstić information content (AvgIpc) is 2.14. The van der Waals surface area contributed by atoms with Crippen LogP contribution in [0.25, 0.3) is 0 Å². The number of alkyl halides is 3. The summed E-state index contributed by atoms with van der Waals surface area (Å²) in [5.41, 5.74) is 6.07. The molecule has 0 aliphatic carbocycles. The highest BCUT2D eigenvalue weighted by molar-refractivity contribution is 7.99. The summed E-state index contributed by atoms with van der Waals surface area (Å²) in [6.45, 7) is -1.21. The third-order valence-corrected chi connectivity index (χ3v) is 2.34. The van der Waals surface area contributed by atoms with Crippen LogP contribution < -0.4 is 5.73 Å². The second kappa shape index (κ2) is 5.27. The molecule has 0 amide bonds. The molecule has 0 heterocycles. The van der Waals surface area contributed by atoms with Crippen molar-refractivity contribution in [3.8, 4) is 0 Å². The van der Waals surface area contributed by atoms with E-state index in [0.717, 1.165) is 4.90 Å². The van der Waals surface area contributed by atoms with Crippen molar-refractivity contribution < 1.29 is 17.9 Å². The smallest absolute Gasteiger partial charge is 0.399 e.